The number of fused-ring (bicyclic) bond motifs is 1. The van der Waals surface area contributed by atoms with Gasteiger partial charge in [-0.1, -0.05) is 29.3 Å². The van der Waals surface area contributed by atoms with E-state index in [1.807, 2.05) is 15.9 Å². The Morgan fingerprint density at radius 1 is 1.03 bits per heavy atom. The lowest BCUT2D eigenvalue weighted by Crippen LogP contribution is -2.52. The molecule has 194 valence electrons. The molecule has 13 heteroatoms. The van der Waals surface area contributed by atoms with Crippen molar-refractivity contribution in [1.29, 1.82) is 0 Å². The van der Waals surface area contributed by atoms with Crippen molar-refractivity contribution in [3.8, 4) is 0 Å². The second-order valence-electron chi connectivity index (χ2n) is 8.65. The molecule has 0 unspecified atom stereocenters. The molecular formula is C24H23Cl2N5O4S2. The molecule has 2 fully saturated rings. The number of thiocarbonyl (C=S) groups is 1. The number of morpholine rings is 1. The lowest BCUT2D eigenvalue weighted by atomic mass is 10.1. The van der Waals surface area contributed by atoms with Crippen LogP contribution in [0, 0.1) is 10.1 Å². The van der Waals surface area contributed by atoms with E-state index < -0.39 is 0 Å². The van der Waals surface area contributed by atoms with E-state index in [-0.39, 0.29) is 16.5 Å². The van der Waals surface area contributed by atoms with Gasteiger partial charge in [-0.05, 0) is 36.5 Å². The van der Waals surface area contributed by atoms with Gasteiger partial charge in [0.15, 0.2) is 5.11 Å². The van der Waals surface area contributed by atoms with Crippen LogP contribution in [0.15, 0.2) is 36.4 Å². The van der Waals surface area contributed by atoms with Crippen molar-refractivity contribution < 1.29 is 14.5 Å². The Bertz CT molecular complexity index is 1370. The largest absolute Gasteiger partial charge is 0.378 e. The zero-order valence-corrected chi connectivity index (χ0v) is 22.8. The fourth-order valence-corrected chi connectivity index (χ4v) is 6.47. The Kier molecular flexibility index (Phi) is 7.68. The summed E-state index contributed by atoms with van der Waals surface area (Å²) in [6.45, 7) is 4.81. The first kappa shape index (κ1) is 25.9. The predicted octanol–water partition coefficient (Wildman–Crippen LogP) is 4.79. The number of nitro benzene ring substituents is 1. The highest BCUT2D eigenvalue weighted by atomic mass is 35.5. The third-order valence-electron chi connectivity index (χ3n) is 6.46. The smallest absolute Gasteiger partial charge is 0.292 e. The Hall–Kier alpha value is -2.70. The molecule has 2 aliphatic rings. The zero-order chi connectivity index (χ0) is 26.1. The molecule has 2 aliphatic heterocycles. The van der Waals surface area contributed by atoms with Gasteiger partial charge in [0.05, 0.1) is 23.2 Å². The monoisotopic (exact) mass is 579 g/mol. The number of rotatable bonds is 4. The van der Waals surface area contributed by atoms with Crippen molar-refractivity contribution in [2.24, 2.45) is 0 Å². The second-order valence-corrected chi connectivity index (χ2v) is 10.9. The minimum Gasteiger partial charge on any atom is -0.378 e. The lowest BCUT2D eigenvalue weighted by molar-refractivity contribution is -0.384. The summed E-state index contributed by atoms with van der Waals surface area (Å²) in [5.41, 5.74) is 1.62. The van der Waals surface area contributed by atoms with Crippen LogP contribution in [0.3, 0.4) is 0 Å². The first-order chi connectivity index (χ1) is 17.8. The number of amides is 1. The number of carbonyl (C=O) groups excluding carboxylic acids is 1. The number of nitro groups is 1. The molecule has 1 amide bonds. The van der Waals surface area contributed by atoms with Crippen LogP contribution in [0.25, 0.3) is 10.1 Å². The molecule has 5 rings (SSSR count). The minimum atomic E-state index is -0.347. The van der Waals surface area contributed by atoms with E-state index in [0.717, 1.165) is 15.8 Å². The van der Waals surface area contributed by atoms with E-state index in [4.69, 9.17) is 40.2 Å². The topological polar surface area (TPSA) is 91.2 Å². The maximum Gasteiger partial charge on any atom is 0.292 e. The summed E-state index contributed by atoms with van der Waals surface area (Å²) in [7, 11) is 0. The quantitative estimate of drug-likeness (QED) is 0.268. The standard InChI is InChI=1S/C24H23Cl2N5O4S2/c25-15-1-3-17-20(13-15)37-22(21(17)26)23(32)27-24(36)30-7-5-28(6-8-30)16-2-4-18(31(33)34)19(14-16)29-9-11-35-12-10-29/h1-4,13-14H,5-12H2,(H,27,32,36). The molecule has 3 aromatic rings. The van der Waals surface area contributed by atoms with Crippen molar-refractivity contribution in [2.75, 3.05) is 62.3 Å². The average molecular weight is 581 g/mol. The van der Waals surface area contributed by atoms with Crippen LogP contribution in [0.5, 0.6) is 0 Å². The van der Waals surface area contributed by atoms with Gasteiger partial charge in [-0.3, -0.25) is 20.2 Å². The number of piperazine rings is 1. The number of anilines is 2. The van der Waals surface area contributed by atoms with Crippen molar-refractivity contribution in [1.82, 2.24) is 10.2 Å². The first-order valence-electron chi connectivity index (χ1n) is 11.7. The number of halogens is 2. The molecule has 9 nitrogen and oxygen atoms in total. The number of hydrogen-bond donors (Lipinski definition) is 1. The molecule has 0 atom stereocenters. The molecule has 2 saturated heterocycles. The highest BCUT2D eigenvalue weighted by Crippen LogP contribution is 2.37. The van der Waals surface area contributed by atoms with Gasteiger partial charge < -0.3 is 19.4 Å². The van der Waals surface area contributed by atoms with Crippen molar-refractivity contribution >= 4 is 84.9 Å². The molecule has 0 aliphatic carbocycles. The molecule has 1 aromatic heterocycles. The normalized spacial score (nSPS) is 16.2. The number of benzene rings is 2. The average Bonchev–Trinajstić information content (AvgIpc) is 3.24. The number of nitrogens with one attached hydrogen (secondary N) is 1. The van der Waals surface area contributed by atoms with Crippen LogP contribution in [0.2, 0.25) is 10.0 Å². The van der Waals surface area contributed by atoms with E-state index in [1.165, 1.54) is 11.3 Å². The summed E-state index contributed by atoms with van der Waals surface area (Å²) in [6.07, 6.45) is 0. The Labute approximate surface area is 232 Å². The fourth-order valence-electron chi connectivity index (χ4n) is 4.51. The van der Waals surface area contributed by atoms with Crippen LogP contribution >= 0.6 is 46.8 Å². The SMILES string of the molecule is O=C(NC(=S)N1CCN(c2ccc([N+](=O)[O-])c(N3CCOCC3)c2)CC1)c1sc2cc(Cl)ccc2c1Cl. The van der Waals surface area contributed by atoms with Crippen molar-refractivity contribution in [3.05, 3.63) is 61.4 Å². The van der Waals surface area contributed by atoms with Crippen molar-refractivity contribution in [3.63, 3.8) is 0 Å². The van der Waals surface area contributed by atoms with E-state index >= 15 is 0 Å². The highest BCUT2D eigenvalue weighted by molar-refractivity contribution is 7.80. The maximum absolute atomic E-state index is 12.9. The van der Waals surface area contributed by atoms with Gasteiger partial charge in [-0.15, -0.1) is 11.3 Å². The van der Waals surface area contributed by atoms with E-state index in [1.54, 1.807) is 30.3 Å². The molecule has 0 radical (unpaired) electrons. The number of nitrogens with zero attached hydrogens (tertiary/aromatic N) is 4. The van der Waals surface area contributed by atoms with Crippen LogP contribution in [-0.2, 0) is 4.74 Å². The van der Waals surface area contributed by atoms with Gasteiger partial charge in [0, 0.05) is 66.1 Å². The van der Waals surface area contributed by atoms with Gasteiger partial charge in [0.25, 0.3) is 11.6 Å². The maximum atomic E-state index is 12.9. The van der Waals surface area contributed by atoms with E-state index in [9.17, 15) is 14.9 Å². The molecular weight excluding hydrogens is 557 g/mol. The molecule has 37 heavy (non-hydrogen) atoms. The molecule has 0 saturated carbocycles. The van der Waals surface area contributed by atoms with Crippen LogP contribution in [-0.4, -0.2) is 73.3 Å². The summed E-state index contributed by atoms with van der Waals surface area (Å²) < 4.78 is 6.24. The summed E-state index contributed by atoms with van der Waals surface area (Å²) in [4.78, 5) is 30.7. The second kappa shape index (κ2) is 11.0. The summed E-state index contributed by atoms with van der Waals surface area (Å²) in [6, 6.07) is 10.6. The summed E-state index contributed by atoms with van der Waals surface area (Å²) in [5.74, 6) is -0.347. The molecule has 0 bridgehead atoms. The van der Waals surface area contributed by atoms with Crippen LogP contribution in [0.4, 0.5) is 17.1 Å². The predicted molar refractivity (Wildman–Crippen MR) is 152 cm³/mol. The summed E-state index contributed by atoms with van der Waals surface area (Å²) in [5, 5.41) is 16.5. The van der Waals surface area contributed by atoms with Gasteiger partial charge in [0.2, 0.25) is 0 Å². The van der Waals surface area contributed by atoms with Gasteiger partial charge >= 0.3 is 0 Å². The molecule has 3 heterocycles. The Balaban J connectivity index is 1.23. The number of ether oxygens (including phenoxy) is 1. The van der Waals surface area contributed by atoms with E-state index in [2.05, 4.69) is 10.2 Å². The van der Waals surface area contributed by atoms with Gasteiger partial charge in [-0.25, -0.2) is 0 Å². The van der Waals surface area contributed by atoms with Crippen molar-refractivity contribution in [2.45, 2.75) is 0 Å². The molecule has 0 spiro atoms. The Morgan fingerprint density at radius 2 is 1.76 bits per heavy atom. The zero-order valence-electron chi connectivity index (χ0n) is 19.6. The van der Waals surface area contributed by atoms with E-state index in [0.29, 0.717) is 78.2 Å². The van der Waals surface area contributed by atoms with Crippen LogP contribution in [0.1, 0.15) is 9.67 Å². The number of carbonyl (C=O) groups is 1. The fraction of sp³-hybridized carbons (Fsp3) is 0.333. The number of thiophene rings is 1. The molecule has 1 N–H and O–H groups in total. The number of hydrogen-bond acceptors (Lipinski definition) is 8. The van der Waals surface area contributed by atoms with Gasteiger partial charge in [0.1, 0.15) is 10.6 Å². The third kappa shape index (κ3) is 5.46. The van der Waals surface area contributed by atoms with Gasteiger partial charge in [-0.2, -0.15) is 0 Å². The lowest BCUT2D eigenvalue weighted by Gasteiger charge is -2.37. The first-order valence-corrected chi connectivity index (χ1v) is 13.6. The van der Waals surface area contributed by atoms with Crippen LogP contribution < -0.4 is 15.1 Å². The minimum absolute atomic E-state index is 0.0929. The third-order valence-corrected chi connectivity index (χ3v) is 8.71. The molecule has 2 aromatic carbocycles. The highest BCUT2D eigenvalue weighted by Gasteiger charge is 2.26. The summed E-state index contributed by atoms with van der Waals surface area (Å²) >= 11 is 19.3. The Morgan fingerprint density at radius 3 is 2.46 bits per heavy atom.